The van der Waals surface area contributed by atoms with Crippen LogP contribution in [0.15, 0.2) is 48.5 Å². The molecule has 3 N–H and O–H groups in total. The Kier molecular flexibility index (Phi) is 5.88. The van der Waals surface area contributed by atoms with Gasteiger partial charge in [0.25, 0.3) is 0 Å². The first-order valence-electron chi connectivity index (χ1n) is 7.44. The Labute approximate surface area is 135 Å². The van der Waals surface area contributed by atoms with Gasteiger partial charge in [-0.1, -0.05) is 42.0 Å². The molecule has 0 heterocycles. The molecule has 0 unspecified atom stereocenters. The topological polar surface area (TPSA) is 78.4 Å². The minimum atomic E-state index is -0.472. The Morgan fingerprint density at radius 1 is 0.913 bits per heavy atom. The fourth-order valence-corrected chi connectivity index (χ4v) is 2.17. The van der Waals surface area contributed by atoms with Crippen molar-refractivity contribution in [3.05, 3.63) is 65.2 Å². The summed E-state index contributed by atoms with van der Waals surface area (Å²) in [4.78, 5) is 23.0. The highest BCUT2D eigenvalue weighted by atomic mass is 16.5. The van der Waals surface area contributed by atoms with Crippen LogP contribution in [0.25, 0.3) is 0 Å². The van der Waals surface area contributed by atoms with Gasteiger partial charge in [0.05, 0.1) is 6.42 Å². The minimum absolute atomic E-state index is 0.0496. The Balaban J connectivity index is 1.82. The number of carbonyl (C=O) groups is 2. The monoisotopic (exact) mass is 312 g/mol. The van der Waals surface area contributed by atoms with Gasteiger partial charge in [-0.25, -0.2) is 5.48 Å². The van der Waals surface area contributed by atoms with E-state index in [2.05, 4.69) is 5.32 Å². The highest BCUT2D eigenvalue weighted by Gasteiger charge is 2.05. The van der Waals surface area contributed by atoms with E-state index >= 15 is 0 Å². The van der Waals surface area contributed by atoms with E-state index in [-0.39, 0.29) is 12.3 Å². The smallest absolute Gasteiger partial charge is 0.247 e. The van der Waals surface area contributed by atoms with Crippen molar-refractivity contribution in [2.24, 2.45) is 0 Å². The first kappa shape index (κ1) is 16.7. The lowest BCUT2D eigenvalue weighted by Gasteiger charge is -2.07. The number of anilines is 1. The van der Waals surface area contributed by atoms with E-state index in [1.54, 1.807) is 29.7 Å². The normalized spacial score (nSPS) is 10.2. The standard InChI is InChI=1S/C18H20N2O3/c1-13-2-4-14(5-3-13)8-11-17(21)19-16-9-6-15(7-10-16)12-18(22)20-23/h2-7,9-10,23H,8,11-12H2,1H3,(H,19,21)(H,20,22). The number of benzene rings is 2. The Morgan fingerprint density at radius 3 is 2.13 bits per heavy atom. The number of nitrogens with one attached hydrogen (secondary N) is 2. The van der Waals surface area contributed by atoms with E-state index in [9.17, 15) is 9.59 Å². The average Bonchev–Trinajstić information content (AvgIpc) is 2.56. The number of carbonyl (C=O) groups excluding carboxylic acids is 2. The third-order valence-electron chi connectivity index (χ3n) is 3.49. The molecule has 0 spiro atoms. The van der Waals surface area contributed by atoms with Crippen LogP contribution in [-0.4, -0.2) is 17.0 Å². The highest BCUT2D eigenvalue weighted by Crippen LogP contribution is 2.12. The van der Waals surface area contributed by atoms with E-state index in [4.69, 9.17) is 5.21 Å². The maximum Gasteiger partial charge on any atom is 0.247 e. The van der Waals surface area contributed by atoms with Gasteiger partial charge in [0.1, 0.15) is 0 Å². The molecule has 2 aromatic carbocycles. The molecule has 0 saturated carbocycles. The van der Waals surface area contributed by atoms with Crippen LogP contribution >= 0.6 is 0 Å². The first-order chi connectivity index (χ1) is 11.1. The molecule has 0 fully saturated rings. The van der Waals surface area contributed by atoms with Gasteiger partial charge in [0.2, 0.25) is 11.8 Å². The van der Waals surface area contributed by atoms with Gasteiger partial charge in [0, 0.05) is 12.1 Å². The third-order valence-corrected chi connectivity index (χ3v) is 3.49. The molecule has 0 aliphatic rings. The van der Waals surface area contributed by atoms with Crippen LogP contribution in [-0.2, 0) is 22.4 Å². The summed E-state index contributed by atoms with van der Waals surface area (Å²) in [6.07, 6.45) is 1.21. The maximum atomic E-state index is 12.0. The van der Waals surface area contributed by atoms with Crippen molar-refractivity contribution in [1.29, 1.82) is 0 Å². The maximum absolute atomic E-state index is 12.0. The fourth-order valence-electron chi connectivity index (χ4n) is 2.17. The van der Waals surface area contributed by atoms with Gasteiger partial charge < -0.3 is 5.32 Å². The van der Waals surface area contributed by atoms with Gasteiger partial charge in [-0.2, -0.15) is 0 Å². The number of hydrogen-bond acceptors (Lipinski definition) is 3. The molecule has 0 aromatic heterocycles. The predicted octanol–water partition coefficient (Wildman–Crippen LogP) is 2.61. The summed E-state index contributed by atoms with van der Waals surface area (Å²) in [6, 6.07) is 15.1. The van der Waals surface area contributed by atoms with Gasteiger partial charge in [-0.05, 0) is 36.6 Å². The zero-order valence-corrected chi connectivity index (χ0v) is 13.0. The summed E-state index contributed by atoms with van der Waals surface area (Å²) >= 11 is 0. The molecule has 2 rings (SSSR count). The second kappa shape index (κ2) is 8.10. The van der Waals surface area contributed by atoms with E-state index < -0.39 is 5.91 Å². The van der Waals surface area contributed by atoms with E-state index in [0.717, 1.165) is 11.1 Å². The third kappa shape index (κ3) is 5.56. The zero-order valence-electron chi connectivity index (χ0n) is 13.0. The lowest BCUT2D eigenvalue weighted by Crippen LogP contribution is -2.20. The van der Waals surface area contributed by atoms with Crippen LogP contribution in [0.4, 0.5) is 5.69 Å². The number of hydrogen-bond donors (Lipinski definition) is 3. The van der Waals surface area contributed by atoms with Crippen molar-refractivity contribution >= 4 is 17.5 Å². The molecule has 120 valence electrons. The molecule has 0 aliphatic carbocycles. The van der Waals surface area contributed by atoms with Crippen molar-refractivity contribution < 1.29 is 14.8 Å². The summed E-state index contributed by atoms with van der Waals surface area (Å²) in [5.41, 5.74) is 5.37. The summed E-state index contributed by atoms with van der Waals surface area (Å²) in [5.74, 6) is -0.522. The van der Waals surface area contributed by atoms with Gasteiger partial charge >= 0.3 is 0 Å². The van der Waals surface area contributed by atoms with Crippen molar-refractivity contribution in [3.8, 4) is 0 Å². The zero-order chi connectivity index (χ0) is 16.7. The summed E-state index contributed by atoms with van der Waals surface area (Å²) in [6.45, 7) is 2.03. The largest absolute Gasteiger partial charge is 0.326 e. The fraction of sp³-hybridized carbons (Fsp3) is 0.222. The van der Waals surface area contributed by atoms with Crippen molar-refractivity contribution in [1.82, 2.24) is 5.48 Å². The van der Waals surface area contributed by atoms with Gasteiger partial charge in [0.15, 0.2) is 0 Å². The lowest BCUT2D eigenvalue weighted by molar-refractivity contribution is -0.128. The summed E-state index contributed by atoms with van der Waals surface area (Å²) in [7, 11) is 0. The van der Waals surface area contributed by atoms with E-state index in [0.29, 0.717) is 18.5 Å². The molecular weight excluding hydrogens is 292 g/mol. The van der Waals surface area contributed by atoms with Crippen LogP contribution in [0.2, 0.25) is 0 Å². The predicted molar refractivity (Wildman–Crippen MR) is 88.2 cm³/mol. The average molecular weight is 312 g/mol. The molecule has 5 heteroatoms. The van der Waals surface area contributed by atoms with Crippen LogP contribution in [0.5, 0.6) is 0 Å². The molecule has 0 saturated heterocycles. The van der Waals surface area contributed by atoms with E-state index in [1.807, 2.05) is 31.2 Å². The molecule has 2 aromatic rings. The van der Waals surface area contributed by atoms with Crippen molar-refractivity contribution in [2.45, 2.75) is 26.2 Å². The molecule has 0 aliphatic heterocycles. The molecule has 2 amide bonds. The number of hydroxylamine groups is 1. The molecule has 0 atom stereocenters. The first-order valence-corrected chi connectivity index (χ1v) is 7.44. The second-order valence-electron chi connectivity index (χ2n) is 5.44. The molecular formula is C18H20N2O3. The van der Waals surface area contributed by atoms with Crippen LogP contribution in [0.3, 0.4) is 0 Å². The number of amides is 2. The van der Waals surface area contributed by atoms with Crippen molar-refractivity contribution in [3.63, 3.8) is 0 Å². The second-order valence-corrected chi connectivity index (χ2v) is 5.44. The van der Waals surface area contributed by atoms with E-state index in [1.165, 1.54) is 5.56 Å². The van der Waals surface area contributed by atoms with Gasteiger partial charge in [-0.15, -0.1) is 0 Å². The minimum Gasteiger partial charge on any atom is -0.326 e. The number of aryl methyl sites for hydroxylation is 2. The van der Waals surface area contributed by atoms with Crippen molar-refractivity contribution in [2.75, 3.05) is 5.32 Å². The molecule has 0 radical (unpaired) electrons. The van der Waals surface area contributed by atoms with Crippen LogP contribution in [0.1, 0.15) is 23.1 Å². The van der Waals surface area contributed by atoms with Crippen LogP contribution < -0.4 is 10.8 Å². The Hall–Kier alpha value is -2.66. The molecule has 0 bridgehead atoms. The quantitative estimate of drug-likeness (QED) is 0.567. The molecule has 5 nitrogen and oxygen atoms in total. The van der Waals surface area contributed by atoms with Crippen LogP contribution in [0, 0.1) is 6.92 Å². The lowest BCUT2D eigenvalue weighted by atomic mass is 10.1. The molecule has 23 heavy (non-hydrogen) atoms. The Bertz CT molecular complexity index is 664. The summed E-state index contributed by atoms with van der Waals surface area (Å²) < 4.78 is 0. The highest BCUT2D eigenvalue weighted by molar-refractivity contribution is 5.90. The summed E-state index contributed by atoms with van der Waals surface area (Å²) in [5, 5.41) is 11.3. The Morgan fingerprint density at radius 2 is 1.52 bits per heavy atom. The van der Waals surface area contributed by atoms with Gasteiger partial charge in [-0.3, -0.25) is 14.8 Å². The number of rotatable bonds is 6. The SMILES string of the molecule is Cc1ccc(CCC(=O)Nc2ccc(CC(=O)NO)cc2)cc1.